The summed E-state index contributed by atoms with van der Waals surface area (Å²) in [5, 5.41) is 5.12. The minimum Gasteiger partial charge on any atom is -0.486 e. The van der Waals surface area contributed by atoms with E-state index in [9.17, 15) is 4.79 Å². The molecule has 0 amide bonds. The largest absolute Gasteiger partial charge is 0.486 e. The summed E-state index contributed by atoms with van der Waals surface area (Å²) in [7, 11) is 0. The fourth-order valence-electron chi connectivity index (χ4n) is 4.76. The SMILES string of the molecule is CC(NC(=S)N(Cc1cc2cc3c(cc2[nH]c1=O)OCCO3)C1CCCC1)c1ccccc1. The van der Waals surface area contributed by atoms with Gasteiger partial charge in [-0.3, -0.25) is 4.79 Å². The number of H-pyrrole nitrogens is 1. The van der Waals surface area contributed by atoms with Gasteiger partial charge < -0.3 is 24.7 Å². The highest BCUT2D eigenvalue weighted by Crippen LogP contribution is 2.34. The number of aromatic nitrogens is 1. The summed E-state index contributed by atoms with van der Waals surface area (Å²) in [5.41, 5.74) is 2.53. The first-order chi connectivity index (χ1) is 16.1. The lowest BCUT2D eigenvalue weighted by molar-refractivity contribution is 0.172. The second-order valence-electron chi connectivity index (χ2n) is 8.85. The zero-order valence-electron chi connectivity index (χ0n) is 18.8. The van der Waals surface area contributed by atoms with Gasteiger partial charge in [-0.15, -0.1) is 0 Å². The Bertz CT molecular complexity index is 1200. The van der Waals surface area contributed by atoms with E-state index in [2.05, 4.69) is 34.3 Å². The quantitative estimate of drug-likeness (QED) is 0.536. The zero-order chi connectivity index (χ0) is 22.8. The molecule has 2 N–H and O–H groups in total. The predicted molar refractivity (Wildman–Crippen MR) is 134 cm³/mol. The first kappa shape index (κ1) is 21.8. The van der Waals surface area contributed by atoms with Crippen LogP contribution in [0.5, 0.6) is 11.5 Å². The van der Waals surface area contributed by atoms with E-state index in [0.717, 1.165) is 23.7 Å². The number of benzene rings is 2. The summed E-state index contributed by atoms with van der Waals surface area (Å²) in [4.78, 5) is 18.2. The van der Waals surface area contributed by atoms with Gasteiger partial charge in [0.25, 0.3) is 5.56 Å². The van der Waals surface area contributed by atoms with Gasteiger partial charge in [-0.25, -0.2) is 0 Å². The van der Waals surface area contributed by atoms with Gasteiger partial charge in [-0.05, 0) is 49.7 Å². The van der Waals surface area contributed by atoms with Crippen molar-refractivity contribution in [3.05, 3.63) is 70.0 Å². The van der Waals surface area contributed by atoms with Gasteiger partial charge in [0.2, 0.25) is 0 Å². The molecule has 1 unspecified atom stereocenters. The summed E-state index contributed by atoms with van der Waals surface area (Å²) in [6.45, 7) is 3.63. The van der Waals surface area contributed by atoms with Crippen LogP contribution in [0.4, 0.5) is 0 Å². The number of fused-ring (bicyclic) bond motifs is 2. The molecule has 5 rings (SSSR count). The molecule has 0 spiro atoms. The number of pyridine rings is 1. The van der Waals surface area contributed by atoms with E-state index >= 15 is 0 Å². The van der Waals surface area contributed by atoms with Crippen LogP contribution < -0.4 is 20.3 Å². The topological polar surface area (TPSA) is 66.6 Å². The van der Waals surface area contributed by atoms with Crippen LogP contribution in [0.25, 0.3) is 10.9 Å². The van der Waals surface area contributed by atoms with Crippen LogP contribution in [-0.2, 0) is 6.54 Å². The molecule has 1 fully saturated rings. The van der Waals surface area contributed by atoms with Crippen LogP contribution >= 0.6 is 12.2 Å². The molecule has 1 atom stereocenters. The van der Waals surface area contributed by atoms with Gasteiger partial charge in [0.05, 0.1) is 18.1 Å². The van der Waals surface area contributed by atoms with Crippen LogP contribution in [0.2, 0.25) is 0 Å². The van der Waals surface area contributed by atoms with Gasteiger partial charge in [0.1, 0.15) is 13.2 Å². The molecule has 0 bridgehead atoms. The highest BCUT2D eigenvalue weighted by Gasteiger charge is 2.26. The summed E-state index contributed by atoms with van der Waals surface area (Å²) in [6.07, 6.45) is 4.56. The van der Waals surface area contributed by atoms with Crippen molar-refractivity contribution >= 4 is 28.2 Å². The molecule has 2 heterocycles. The number of hydrogen-bond acceptors (Lipinski definition) is 4. The average molecular weight is 464 g/mol. The lowest BCUT2D eigenvalue weighted by Crippen LogP contribution is -2.46. The van der Waals surface area contributed by atoms with Crippen molar-refractivity contribution in [1.82, 2.24) is 15.2 Å². The van der Waals surface area contributed by atoms with Crippen molar-refractivity contribution in [2.75, 3.05) is 13.2 Å². The third-order valence-electron chi connectivity index (χ3n) is 6.59. The summed E-state index contributed by atoms with van der Waals surface area (Å²) in [5.74, 6) is 1.39. The predicted octanol–water partition coefficient (Wildman–Crippen LogP) is 4.68. The smallest absolute Gasteiger partial charge is 0.253 e. The van der Waals surface area contributed by atoms with Gasteiger partial charge >= 0.3 is 0 Å². The number of nitrogens with zero attached hydrogens (tertiary/aromatic N) is 1. The summed E-state index contributed by atoms with van der Waals surface area (Å²) in [6, 6.07) is 16.4. The number of ether oxygens (including phenoxy) is 2. The molecule has 33 heavy (non-hydrogen) atoms. The minimum atomic E-state index is -0.0962. The zero-order valence-corrected chi connectivity index (χ0v) is 19.6. The minimum absolute atomic E-state index is 0.0844. The molecule has 1 aromatic heterocycles. The van der Waals surface area contributed by atoms with Crippen LogP contribution in [0.15, 0.2) is 53.3 Å². The highest BCUT2D eigenvalue weighted by atomic mass is 32.1. The number of thiocarbonyl (C=S) groups is 1. The molecule has 3 aromatic rings. The Labute approximate surface area is 198 Å². The van der Waals surface area contributed by atoms with E-state index in [1.54, 1.807) is 0 Å². The maximum absolute atomic E-state index is 13.0. The van der Waals surface area contributed by atoms with Crippen LogP contribution in [0, 0.1) is 0 Å². The molecular weight excluding hydrogens is 434 g/mol. The Hall–Kier alpha value is -3.06. The van der Waals surface area contributed by atoms with Crippen molar-refractivity contribution in [2.45, 2.75) is 51.2 Å². The number of aromatic amines is 1. The van der Waals surface area contributed by atoms with Crippen molar-refractivity contribution < 1.29 is 9.47 Å². The second kappa shape index (κ2) is 9.43. The van der Waals surface area contributed by atoms with E-state index in [0.29, 0.717) is 48.0 Å². The number of hydrogen-bond donors (Lipinski definition) is 2. The molecule has 2 aliphatic rings. The van der Waals surface area contributed by atoms with Crippen LogP contribution in [0.3, 0.4) is 0 Å². The van der Waals surface area contributed by atoms with E-state index in [4.69, 9.17) is 21.7 Å². The third kappa shape index (κ3) is 4.69. The fourth-order valence-corrected chi connectivity index (χ4v) is 5.16. The van der Waals surface area contributed by atoms with Crippen LogP contribution in [0.1, 0.15) is 49.8 Å². The standard InChI is InChI=1S/C26H29N3O3S/c1-17(18-7-3-2-4-8-18)27-26(33)29(21-9-5-6-10-21)16-20-13-19-14-23-24(32-12-11-31-23)15-22(19)28-25(20)30/h2-4,7-8,13-15,17,21H,5-6,9-12,16H2,1H3,(H,27,33)(H,28,30). The molecular formula is C26H29N3O3S. The first-order valence-corrected chi connectivity index (χ1v) is 12.1. The Morgan fingerprint density at radius 3 is 2.55 bits per heavy atom. The highest BCUT2D eigenvalue weighted by molar-refractivity contribution is 7.80. The lowest BCUT2D eigenvalue weighted by Gasteiger charge is -2.33. The Balaban J connectivity index is 1.42. The number of nitrogens with one attached hydrogen (secondary N) is 2. The average Bonchev–Trinajstić information content (AvgIpc) is 3.36. The summed E-state index contributed by atoms with van der Waals surface area (Å²) < 4.78 is 11.4. The molecule has 172 valence electrons. The lowest BCUT2D eigenvalue weighted by atomic mass is 10.1. The molecule has 1 saturated carbocycles. The Morgan fingerprint density at radius 1 is 1.12 bits per heavy atom. The van der Waals surface area contributed by atoms with E-state index in [1.165, 1.54) is 18.4 Å². The Kier molecular flexibility index (Phi) is 6.22. The van der Waals surface area contributed by atoms with Crippen molar-refractivity contribution in [3.63, 3.8) is 0 Å². The molecule has 2 aromatic carbocycles. The maximum atomic E-state index is 13.0. The van der Waals surface area contributed by atoms with Gasteiger partial charge in [-0.1, -0.05) is 43.2 Å². The number of rotatable bonds is 5. The normalized spacial score (nSPS) is 16.5. The molecule has 1 aliphatic carbocycles. The molecule has 7 heteroatoms. The molecule has 1 aliphatic heterocycles. The van der Waals surface area contributed by atoms with E-state index in [-0.39, 0.29) is 11.6 Å². The second-order valence-corrected chi connectivity index (χ2v) is 9.24. The maximum Gasteiger partial charge on any atom is 0.253 e. The van der Waals surface area contributed by atoms with Crippen LogP contribution in [-0.4, -0.2) is 34.3 Å². The first-order valence-electron chi connectivity index (χ1n) is 11.7. The van der Waals surface area contributed by atoms with Gasteiger partial charge in [0, 0.05) is 23.1 Å². The van der Waals surface area contributed by atoms with Crippen molar-refractivity contribution in [2.24, 2.45) is 0 Å². The molecule has 0 saturated heterocycles. The fraction of sp³-hybridized carbons (Fsp3) is 0.385. The molecule has 6 nitrogen and oxygen atoms in total. The monoisotopic (exact) mass is 463 g/mol. The Morgan fingerprint density at radius 2 is 1.82 bits per heavy atom. The van der Waals surface area contributed by atoms with Gasteiger partial charge in [-0.2, -0.15) is 0 Å². The summed E-state index contributed by atoms with van der Waals surface area (Å²) >= 11 is 5.87. The van der Waals surface area contributed by atoms with E-state index in [1.807, 2.05) is 36.4 Å². The van der Waals surface area contributed by atoms with E-state index < -0.39 is 0 Å². The van der Waals surface area contributed by atoms with Gasteiger partial charge in [0.15, 0.2) is 16.6 Å². The van der Waals surface area contributed by atoms with Crippen molar-refractivity contribution in [1.29, 1.82) is 0 Å². The van der Waals surface area contributed by atoms with Crippen molar-refractivity contribution in [3.8, 4) is 11.5 Å². The third-order valence-corrected chi connectivity index (χ3v) is 6.94. The molecule has 0 radical (unpaired) electrons.